The Morgan fingerprint density at radius 1 is 1.29 bits per heavy atom. The third-order valence-electron chi connectivity index (χ3n) is 2.54. The molecular formula is C10H14BrN3. The van der Waals surface area contributed by atoms with Crippen molar-refractivity contribution in [2.24, 2.45) is 5.73 Å². The molecule has 1 aromatic rings. The highest BCUT2D eigenvalue weighted by Gasteiger charge is 2.23. The minimum atomic E-state index is 0.386. The molecular weight excluding hydrogens is 242 g/mol. The highest BCUT2D eigenvalue weighted by molar-refractivity contribution is 9.10. The zero-order valence-corrected chi connectivity index (χ0v) is 9.42. The molecule has 0 saturated carbocycles. The second-order valence-corrected chi connectivity index (χ2v) is 4.48. The summed E-state index contributed by atoms with van der Waals surface area (Å²) in [5, 5.41) is 0. The molecule has 1 aromatic carbocycles. The molecule has 76 valence electrons. The summed E-state index contributed by atoms with van der Waals surface area (Å²) in [7, 11) is 0. The van der Waals surface area contributed by atoms with Crippen LogP contribution in [0.15, 0.2) is 28.7 Å². The van der Waals surface area contributed by atoms with Gasteiger partial charge in [0.15, 0.2) is 0 Å². The Morgan fingerprint density at radius 3 is 2.57 bits per heavy atom. The molecule has 0 bridgehead atoms. The van der Waals surface area contributed by atoms with Crippen LogP contribution in [0.1, 0.15) is 18.0 Å². The maximum atomic E-state index is 5.59. The number of nitrogens with one attached hydrogen (secondary N) is 2. The van der Waals surface area contributed by atoms with E-state index in [-0.39, 0.29) is 0 Å². The Morgan fingerprint density at radius 2 is 2.00 bits per heavy atom. The molecule has 4 heteroatoms. The van der Waals surface area contributed by atoms with E-state index in [9.17, 15) is 0 Å². The molecule has 0 amide bonds. The molecule has 14 heavy (non-hydrogen) atoms. The van der Waals surface area contributed by atoms with E-state index in [2.05, 4.69) is 51.0 Å². The van der Waals surface area contributed by atoms with Crippen LogP contribution in [0.2, 0.25) is 0 Å². The van der Waals surface area contributed by atoms with Gasteiger partial charge in [0.2, 0.25) is 0 Å². The van der Waals surface area contributed by atoms with Gasteiger partial charge < -0.3 is 5.73 Å². The lowest BCUT2D eigenvalue weighted by atomic mass is 10.0. The summed E-state index contributed by atoms with van der Waals surface area (Å²) in [6.45, 7) is 0.681. The van der Waals surface area contributed by atoms with Crippen molar-refractivity contribution in [2.75, 3.05) is 6.54 Å². The fraction of sp³-hybridized carbons (Fsp3) is 0.400. The van der Waals surface area contributed by atoms with E-state index in [0.717, 1.165) is 10.9 Å². The molecule has 1 saturated heterocycles. The molecule has 0 aromatic heterocycles. The largest absolute Gasteiger partial charge is 0.329 e. The highest BCUT2D eigenvalue weighted by atomic mass is 79.9. The molecule has 4 N–H and O–H groups in total. The normalized spacial score (nSPS) is 26.7. The van der Waals surface area contributed by atoms with Crippen LogP contribution in [0.4, 0.5) is 0 Å². The summed E-state index contributed by atoms with van der Waals surface area (Å²) in [6, 6.07) is 9.16. The van der Waals surface area contributed by atoms with E-state index in [1.807, 2.05) is 0 Å². The van der Waals surface area contributed by atoms with E-state index in [1.165, 1.54) is 5.56 Å². The predicted octanol–water partition coefficient (Wildman–Crippen LogP) is 1.32. The Labute approximate surface area is 92.2 Å². The van der Waals surface area contributed by atoms with Crippen LogP contribution >= 0.6 is 15.9 Å². The maximum Gasteiger partial charge on any atom is 0.0478 e. The van der Waals surface area contributed by atoms with E-state index in [1.54, 1.807) is 0 Å². The summed E-state index contributed by atoms with van der Waals surface area (Å²) in [4.78, 5) is 0. The third-order valence-corrected chi connectivity index (χ3v) is 3.07. The fourth-order valence-corrected chi connectivity index (χ4v) is 1.95. The smallest absolute Gasteiger partial charge is 0.0478 e. The highest BCUT2D eigenvalue weighted by Crippen LogP contribution is 2.23. The Balaban J connectivity index is 2.06. The Hall–Kier alpha value is -0.420. The zero-order valence-electron chi connectivity index (χ0n) is 7.83. The first-order valence-corrected chi connectivity index (χ1v) is 5.55. The van der Waals surface area contributed by atoms with Gasteiger partial charge in [0.25, 0.3) is 0 Å². The number of hydrogen-bond donors (Lipinski definition) is 3. The van der Waals surface area contributed by atoms with Crippen molar-refractivity contribution in [3.05, 3.63) is 34.3 Å². The lowest BCUT2D eigenvalue weighted by molar-refractivity contribution is 0.546. The quantitative estimate of drug-likeness (QED) is 0.748. The van der Waals surface area contributed by atoms with Gasteiger partial charge >= 0.3 is 0 Å². The standard InChI is InChI=1S/C10H14BrN3/c11-8-3-1-7(2-4-8)10-5-9(6-12)13-14-10/h1-4,9-10,13-14H,5-6,12H2. The molecule has 1 aliphatic rings. The van der Waals surface area contributed by atoms with Gasteiger partial charge in [-0.15, -0.1) is 0 Å². The predicted molar refractivity (Wildman–Crippen MR) is 60.6 cm³/mol. The van der Waals surface area contributed by atoms with Gasteiger partial charge in [-0.1, -0.05) is 28.1 Å². The number of benzene rings is 1. The number of hydrogen-bond acceptors (Lipinski definition) is 3. The van der Waals surface area contributed by atoms with E-state index < -0.39 is 0 Å². The molecule has 0 spiro atoms. The molecule has 1 heterocycles. The van der Waals surface area contributed by atoms with Crippen molar-refractivity contribution in [1.29, 1.82) is 0 Å². The second-order valence-electron chi connectivity index (χ2n) is 3.56. The van der Waals surface area contributed by atoms with Gasteiger partial charge in [0.05, 0.1) is 0 Å². The van der Waals surface area contributed by atoms with Gasteiger partial charge in [0.1, 0.15) is 0 Å². The monoisotopic (exact) mass is 255 g/mol. The van der Waals surface area contributed by atoms with Crippen molar-refractivity contribution in [1.82, 2.24) is 10.9 Å². The van der Waals surface area contributed by atoms with Gasteiger partial charge in [-0.2, -0.15) is 0 Å². The van der Waals surface area contributed by atoms with Crippen LogP contribution in [0.3, 0.4) is 0 Å². The van der Waals surface area contributed by atoms with Gasteiger partial charge in [-0.25, -0.2) is 5.43 Å². The summed E-state index contributed by atoms with van der Waals surface area (Å²) < 4.78 is 1.11. The first-order valence-electron chi connectivity index (χ1n) is 4.76. The topological polar surface area (TPSA) is 50.1 Å². The van der Waals surface area contributed by atoms with Crippen LogP contribution in [0.25, 0.3) is 0 Å². The summed E-state index contributed by atoms with van der Waals surface area (Å²) >= 11 is 3.42. The fourth-order valence-electron chi connectivity index (χ4n) is 1.69. The Bertz CT molecular complexity index is 299. The lowest BCUT2D eigenvalue weighted by Crippen LogP contribution is -2.35. The van der Waals surface area contributed by atoms with E-state index in [0.29, 0.717) is 18.6 Å². The second kappa shape index (κ2) is 4.40. The SMILES string of the molecule is NCC1CC(c2ccc(Br)cc2)NN1. The first kappa shape index (κ1) is 10.1. The molecule has 1 aliphatic heterocycles. The number of hydrazine groups is 1. The molecule has 0 aliphatic carbocycles. The van der Waals surface area contributed by atoms with Crippen molar-refractivity contribution < 1.29 is 0 Å². The lowest BCUT2D eigenvalue weighted by Gasteiger charge is -2.09. The summed E-state index contributed by atoms with van der Waals surface area (Å²) in [5.74, 6) is 0. The molecule has 2 atom stereocenters. The maximum absolute atomic E-state index is 5.59. The summed E-state index contributed by atoms with van der Waals surface area (Å²) in [5.41, 5.74) is 13.3. The average Bonchev–Trinajstić information content (AvgIpc) is 2.67. The molecule has 0 radical (unpaired) electrons. The number of nitrogens with two attached hydrogens (primary N) is 1. The first-order chi connectivity index (χ1) is 6.79. The van der Waals surface area contributed by atoms with Gasteiger partial charge in [-0.3, -0.25) is 5.43 Å². The molecule has 2 rings (SSSR count). The third kappa shape index (κ3) is 2.15. The van der Waals surface area contributed by atoms with Gasteiger partial charge in [0, 0.05) is 23.1 Å². The van der Waals surface area contributed by atoms with E-state index in [4.69, 9.17) is 5.73 Å². The number of rotatable bonds is 2. The van der Waals surface area contributed by atoms with Gasteiger partial charge in [-0.05, 0) is 24.1 Å². The van der Waals surface area contributed by atoms with Crippen LogP contribution in [0.5, 0.6) is 0 Å². The van der Waals surface area contributed by atoms with E-state index >= 15 is 0 Å². The van der Waals surface area contributed by atoms with Crippen LogP contribution in [0, 0.1) is 0 Å². The zero-order chi connectivity index (χ0) is 9.97. The number of halogens is 1. The Kier molecular flexibility index (Phi) is 3.18. The molecule has 1 fully saturated rings. The molecule has 3 nitrogen and oxygen atoms in total. The average molecular weight is 256 g/mol. The molecule has 2 unspecified atom stereocenters. The minimum absolute atomic E-state index is 0.386. The van der Waals surface area contributed by atoms with Crippen molar-refractivity contribution in [3.63, 3.8) is 0 Å². The van der Waals surface area contributed by atoms with Crippen LogP contribution in [-0.4, -0.2) is 12.6 Å². The van der Waals surface area contributed by atoms with Crippen LogP contribution in [-0.2, 0) is 0 Å². The van der Waals surface area contributed by atoms with Crippen molar-refractivity contribution in [3.8, 4) is 0 Å². The summed E-state index contributed by atoms with van der Waals surface area (Å²) in [6.07, 6.45) is 1.05. The minimum Gasteiger partial charge on any atom is -0.329 e. The van der Waals surface area contributed by atoms with Crippen molar-refractivity contribution >= 4 is 15.9 Å². The van der Waals surface area contributed by atoms with Crippen molar-refractivity contribution in [2.45, 2.75) is 18.5 Å². The van der Waals surface area contributed by atoms with Crippen LogP contribution < -0.4 is 16.6 Å².